The first kappa shape index (κ1) is 15.9. The number of aliphatic hydroxyl groups excluding tert-OH is 1. The minimum atomic E-state index is -0.977. The van der Waals surface area contributed by atoms with Crippen molar-refractivity contribution in [3.8, 4) is 5.75 Å². The zero-order valence-electron chi connectivity index (χ0n) is 11.4. The van der Waals surface area contributed by atoms with Gasteiger partial charge in [0.15, 0.2) is 6.10 Å². The number of carbonyl (C=O) groups excluding carboxylic acids is 2. The second kappa shape index (κ2) is 6.85. The maximum absolute atomic E-state index is 13.1. The number of carbonyl (C=O) groups is 2. The van der Waals surface area contributed by atoms with Crippen molar-refractivity contribution in [3.63, 3.8) is 0 Å². The summed E-state index contributed by atoms with van der Waals surface area (Å²) in [6, 6.07) is 2.95. The Kier molecular flexibility index (Phi) is 5.45. The SMILES string of the molecule is CNC(=O)NC(=O)C(C)Oc1ccc(F)cc1[C@H](C)O. The van der Waals surface area contributed by atoms with Gasteiger partial charge in [-0.25, -0.2) is 9.18 Å². The molecule has 20 heavy (non-hydrogen) atoms. The third-order valence-corrected chi connectivity index (χ3v) is 2.56. The fourth-order valence-corrected chi connectivity index (χ4v) is 1.47. The van der Waals surface area contributed by atoms with E-state index in [1.807, 2.05) is 0 Å². The van der Waals surface area contributed by atoms with Crippen LogP contribution in [-0.4, -0.2) is 30.2 Å². The smallest absolute Gasteiger partial charge is 0.321 e. The molecule has 1 unspecified atom stereocenters. The average molecular weight is 284 g/mol. The minimum Gasteiger partial charge on any atom is -0.480 e. The molecule has 0 saturated heterocycles. The minimum absolute atomic E-state index is 0.181. The van der Waals surface area contributed by atoms with Crippen molar-refractivity contribution in [2.75, 3.05) is 7.05 Å². The molecule has 0 fully saturated rings. The number of urea groups is 1. The van der Waals surface area contributed by atoms with E-state index >= 15 is 0 Å². The molecule has 1 rings (SSSR count). The van der Waals surface area contributed by atoms with Crippen LogP contribution in [0.2, 0.25) is 0 Å². The van der Waals surface area contributed by atoms with E-state index in [1.54, 1.807) is 0 Å². The number of hydrogen-bond donors (Lipinski definition) is 3. The third kappa shape index (κ3) is 4.20. The van der Waals surface area contributed by atoms with E-state index < -0.39 is 30.0 Å². The predicted molar refractivity (Wildman–Crippen MR) is 69.7 cm³/mol. The molecule has 3 N–H and O–H groups in total. The van der Waals surface area contributed by atoms with E-state index in [-0.39, 0.29) is 11.3 Å². The van der Waals surface area contributed by atoms with Crippen LogP contribution < -0.4 is 15.4 Å². The zero-order valence-corrected chi connectivity index (χ0v) is 11.4. The van der Waals surface area contributed by atoms with Gasteiger partial charge < -0.3 is 15.2 Å². The number of ether oxygens (including phenoxy) is 1. The number of aliphatic hydroxyl groups is 1. The molecule has 0 saturated carbocycles. The van der Waals surface area contributed by atoms with Crippen molar-refractivity contribution in [1.82, 2.24) is 10.6 Å². The van der Waals surface area contributed by atoms with Gasteiger partial charge in [-0.05, 0) is 32.0 Å². The van der Waals surface area contributed by atoms with Crippen molar-refractivity contribution in [2.45, 2.75) is 26.1 Å². The maximum atomic E-state index is 13.1. The number of benzene rings is 1. The number of halogens is 1. The summed E-state index contributed by atoms with van der Waals surface area (Å²) in [5, 5.41) is 13.8. The molecule has 0 aliphatic rings. The maximum Gasteiger partial charge on any atom is 0.321 e. The Balaban J connectivity index is 2.82. The largest absolute Gasteiger partial charge is 0.480 e. The van der Waals surface area contributed by atoms with Gasteiger partial charge in [-0.15, -0.1) is 0 Å². The Morgan fingerprint density at radius 2 is 2.00 bits per heavy atom. The lowest BCUT2D eigenvalue weighted by atomic mass is 10.1. The monoisotopic (exact) mass is 284 g/mol. The normalized spacial score (nSPS) is 13.2. The summed E-state index contributed by atoms with van der Waals surface area (Å²) in [7, 11) is 1.37. The van der Waals surface area contributed by atoms with Crippen LogP contribution in [0, 0.1) is 5.82 Å². The number of imide groups is 1. The lowest BCUT2D eigenvalue weighted by Crippen LogP contribution is -2.44. The molecule has 2 atom stereocenters. The molecular formula is C13H17FN2O4. The van der Waals surface area contributed by atoms with Gasteiger partial charge in [-0.2, -0.15) is 0 Å². The summed E-state index contributed by atoms with van der Waals surface area (Å²) in [6.45, 7) is 2.89. The molecule has 3 amide bonds. The van der Waals surface area contributed by atoms with Gasteiger partial charge in [-0.3, -0.25) is 10.1 Å². The Hall–Kier alpha value is -2.15. The van der Waals surface area contributed by atoms with Crippen molar-refractivity contribution < 1.29 is 23.8 Å². The highest BCUT2D eigenvalue weighted by Gasteiger charge is 2.19. The van der Waals surface area contributed by atoms with Crippen LogP contribution in [0.1, 0.15) is 25.5 Å². The molecule has 0 radical (unpaired) electrons. The Morgan fingerprint density at radius 3 is 2.55 bits per heavy atom. The van der Waals surface area contributed by atoms with Crippen LogP contribution in [0.4, 0.5) is 9.18 Å². The van der Waals surface area contributed by atoms with E-state index in [4.69, 9.17) is 4.74 Å². The molecule has 0 aliphatic carbocycles. The van der Waals surface area contributed by atoms with E-state index in [2.05, 4.69) is 10.6 Å². The quantitative estimate of drug-likeness (QED) is 0.772. The van der Waals surface area contributed by atoms with Gasteiger partial charge >= 0.3 is 6.03 Å². The number of hydrogen-bond acceptors (Lipinski definition) is 4. The Bertz CT molecular complexity index is 505. The highest BCUT2D eigenvalue weighted by Crippen LogP contribution is 2.26. The lowest BCUT2D eigenvalue weighted by molar-refractivity contribution is -0.126. The van der Waals surface area contributed by atoms with Crippen LogP contribution >= 0.6 is 0 Å². The van der Waals surface area contributed by atoms with Crippen molar-refractivity contribution in [3.05, 3.63) is 29.6 Å². The second-order valence-corrected chi connectivity index (χ2v) is 4.19. The van der Waals surface area contributed by atoms with Gasteiger partial charge in [0.25, 0.3) is 5.91 Å². The van der Waals surface area contributed by atoms with Crippen molar-refractivity contribution in [2.24, 2.45) is 0 Å². The summed E-state index contributed by atoms with van der Waals surface area (Å²) in [4.78, 5) is 22.6. The predicted octanol–water partition coefficient (Wildman–Crippen LogP) is 1.10. The molecule has 1 aromatic rings. The van der Waals surface area contributed by atoms with Gasteiger partial charge in [0.2, 0.25) is 0 Å². The summed E-state index contributed by atoms with van der Waals surface area (Å²) in [6.07, 6.45) is -1.93. The molecule has 110 valence electrons. The van der Waals surface area contributed by atoms with Crippen LogP contribution in [-0.2, 0) is 4.79 Å². The van der Waals surface area contributed by atoms with Crippen LogP contribution in [0.5, 0.6) is 5.75 Å². The standard InChI is InChI=1S/C13H17FN2O4/c1-7(17)10-6-9(14)4-5-11(10)20-8(2)12(18)16-13(19)15-3/h4-8,17H,1-3H3,(H2,15,16,18,19)/t7-,8?/m0/s1. The van der Waals surface area contributed by atoms with Crippen LogP contribution in [0.25, 0.3) is 0 Å². The topological polar surface area (TPSA) is 87.7 Å². The number of amides is 3. The molecular weight excluding hydrogens is 267 g/mol. The number of nitrogens with one attached hydrogen (secondary N) is 2. The fourth-order valence-electron chi connectivity index (χ4n) is 1.47. The molecule has 0 bridgehead atoms. The summed E-state index contributed by atoms with van der Waals surface area (Å²) < 4.78 is 18.5. The molecule has 0 heterocycles. The summed E-state index contributed by atoms with van der Waals surface area (Å²) in [5.41, 5.74) is 0.226. The van der Waals surface area contributed by atoms with E-state index in [9.17, 15) is 19.1 Å². The molecule has 0 aliphatic heterocycles. The van der Waals surface area contributed by atoms with Crippen LogP contribution in [0.15, 0.2) is 18.2 Å². The summed E-state index contributed by atoms with van der Waals surface area (Å²) >= 11 is 0. The molecule has 7 heteroatoms. The van der Waals surface area contributed by atoms with E-state index in [0.29, 0.717) is 0 Å². The first-order chi connectivity index (χ1) is 9.35. The van der Waals surface area contributed by atoms with E-state index in [1.165, 1.54) is 27.0 Å². The van der Waals surface area contributed by atoms with Crippen molar-refractivity contribution >= 4 is 11.9 Å². The van der Waals surface area contributed by atoms with Gasteiger partial charge in [-0.1, -0.05) is 0 Å². The third-order valence-electron chi connectivity index (χ3n) is 2.56. The van der Waals surface area contributed by atoms with Gasteiger partial charge in [0.05, 0.1) is 6.10 Å². The highest BCUT2D eigenvalue weighted by molar-refractivity contribution is 5.96. The van der Waals surface area contributed by atoms with Gasteiger partial charge in [0.1, 0.15) is 11.6 Å². The molecule has 0 aromatic heterocycles. The Labute approximate surface area is 115 Å². The lowest BCUT2D eigenvalue weighted by Gasteiger charge is -2.18. The average Bonchev–Trinajstić information content (AvgIpc) is 2.40. The zero-order chi connectivity index (χ0) is 15.3. The fraction of sp³-hybridized carbons (Fsp3) is 0.385. The van der Waals surface area contributed by atoms with Crippen molar-refractivity contribution in [1.29, 1.82) is 0 Å². The van der Waals surface area contributed by atoms with Gasteiger partial charge in [0, 0.05) is 12.6 Å². The second-order valence-electron chi connectivity index (χ2n) is 4.19. The van der Waals surface area contributed by atoms with E-state index in [0.717, 1.165) is 12.1 Å². The first-order valence-electron chi connectivity index (χ1n) is 6.02. The molecule has 1 aromatic carbocycles. The summed E-state index contributed by atoms with van der Waals surface area (Å²) in [5.74, 6) is -0.984. The number of rotatable bonds is 4. The highest BCUT2D eigenvalue weighted by atomic mass is 19.1. The Morgan fingerprint density at radius 1 is 1.35 bits per heavy atom. The van der Waals surface area contributed by atoms with Crippen LogP contribution in [0.3, 0.4) is 0 Å². The molecule has 0 spiro atoms. The first-order valence-corrected chi connectivity index (χ1v) is 6.02. The molecule has 6 nitrogen and oxygen atoms in total.